The number of aromatic nitrogens is 2. The van der Waals surface area contributed by atoms with E-state index in [2.05, 4.69) is 26.3 Å². The highest BCUT2D eigenvalue weighted by Crippen LogP contribution is 2.20. The lowest BCUT2D eigenvalue weighted by atomic mass is 10.2. The molecule has 0 radical (unpaired) electrons. The van der Waals surface area contributed by atoms with Crippen molar-refractivity contribution in [3.05, 3.63) is 38.3 Å². The maximum absolute atomic E-state index is 11.8. The van der Waals surface area contributed by atoms with E-state index < -0.39 is 0 Å². The number of rotatable bonds is 3. The number of nitrogens with zero attached hydrogens (tertiary/aromatic N) is 2. The lowest BCUT2D eigenvalue weighted by Gasteiger charge is -2.03. The largest absolute Gasteiger partial charge is 0.348 e. The van der Waals surface area contributed by atoms with Gasteiger partial charge in [0.25, 0.3) is 5.91 Å². The Hall–Kier alpha value is -1.14. The zero-order valence-corrected chi connectivity index (χ0v) is 11.9. The Morgan fingerprint density at radius 2 is 2.41 bits per heavy atom. The molecular weight excluding hydrogens is 302 g/mol. The zero-order chi connectivity index (χ0) is 12.4. The van der Waals surface area contributed by atoms with Crippen LogP contribution in [0.4, 0.5) is 0 Å². The van der Waals surface area contributed by atoms with E-state index in [4.69, 9.17) is 0 Å². The Bertz CT molecular complexity index is 547. The fourth-order valence-electron chi connectivity index (χ4n) is 1.42. The van der Waals surface area contributed by atoms with Gasteiger partial charge in [-0.15, -0.1) is 11.3 Å². The number of carbonyl (C=O) groups excluding carboxylic acids is 1. The summed E-state index contributed by atoms with van der Waals surface area (Å²) in [5.41, 5.74) is 2.79. The van der Waals surface area contributed by atoms with Crippen molar-refractivity contribution in [2.45, 2.75) is 13.5 Å². The van der Waals surface area contributed by atoms with E-state index in [0.29, 0.717) is 12.1 Å². The molecule has 1 amide bonds. The third kappa shape index (κ3) is 2.76. The maximum Gasteiger partial charge on any atom is 0.252 e. The van der Waals surface area contributed by atoms with Crippen LogP contribution in [0.2, 0.25) is 0 Å². The second kappa shape index (κ2) is 5.01. The predicted molar refractivity (Wildman–Crippen MR) is 71.1 cm³/mol. The molecule has 0 saturated carbocycles. The summed E-state index contributed by atoms with van der Waals surface area (Å²) in [6, 6.07) is 1.82. The summed E-state index contributed by atoms with van der Waals surface area (Å²) in [5.74, 6) is -0.0600. The van der Waals surface area contributed by atoms with Gasteiger partial charge in [-0.2, -0.15) is 5.10 Å². The van der Waals surface area contributed by atoms with E-state index in [1.165, 1.54) is 11.3 Å². The van der Waals surface area contributed by atoms with Gasteiger partial charge in [-0.05, 0) is 28.9 Å². The maximum atomic E-state index is 11.8. The molecule has 1 N–H and O–H groups in total. The van der Waals surface area contributed by atoms with E-state index in [1.807, 2.05) is 25.4 Å². The first-order chi connectivity index (χ1) is 8.08. The smallest absolute Gasteiger partial charge is 0.252 e. The molecule has 0 fully saturated rings. The van der Waals surface area contributed by atoms with Crippen LogP contribution in [0.3, 0.4) is 0 Å². The molecule has 6 heteroatoms. The molecule has 90 valence electrons. The quantitative estimate of drug-likeness (QED) is 0.946. The van der Waals surface area contributed by atoms with Crippen LogP contribution in [0, 0.1) is 6.92 Å². The van der Waals surface area contributed by atoms with Crippen molar-refractivity contribution in [3.8, 4) is 0 Å². The number of aryl methyl sites for hydroxylation is 1. The van der Waals surface area contributed by atoms with E-state index in [-0.39, 0.29) is 5.91 Å². The topological polar surface area (TPSA) is 46.9 Å². The molecule has 2 aromatic heterocycles. The molecule has 0 aliphatic rings. The van der Waals surface area contributed by atoms with Crippen molar-refractivity contribution in [1.29, 1.82) is 0 Å². The van der Waals surface area contributed by atoms with Gasteiger partial charge >= 0.3 is 0 Å². The summed E-state index contributed by atoms with van der Waals surface area (Å²) in [6.45, 7) is 2.49. The van der Waals surface area contributed by atoms with Crippen molar-refractivity contribution in [2.24, 2.45) is 7.05 Å². The van der Waals surface area contributed by atoms with Crippen molar-refractivity contribution in [2.75, 3.05) is 0 Å². The fourth-order valence-corrected chi connectivity index (χ4v) is 2.56. The molecule has 0 spiro atoms. The Balaban J connectivity index is 1.99. The molecular formula is C11H12BrN3OS. The molecule has 0 unspecified atom stereocenters. The second-order valence-corrected chi connectivity index (χ2v) is 5.99. The summed E-state index contributed by atoms with van der Waals surface area (Å²) < 4.78 is 2.75. The molecule has 0 saturated heterocycles. The van der Waals surface area contributed by atoms with Crippen LogP contribution in [0.1, 0.15) is 21.6 Å². The van der Waals surface area contributed by atoms with Gasteiger partial charge in [0.05, 0.1) is 15.5 Å². The average molecular weight is 314 g/mol. The number of carbonyl (C=O) groups is 1. The molecule has 0 aromatic carbocycles. The van der Waals surface area contributed by atoms with Crippen LogP contribution < -0.4 is 5.32 Å². The first-order valence-corrected chi connectivity index (χ1v) is 6.75. The number of thiophene rings is 1. The SMILES string of the molecule is Cc1c(CNC(=O)c2csc(Br)c2)cnn1C. The van der Waals surface area contributed by atoms with Gasteiger partial charge in [0.2, 0.25) is 0 Å². The molecule has 0 aliphatic carbocycles. The summed E-state index contributed by atoms with van der Waals surface area (Å²) in [4.78, 5) is 11.8. The minimum atomic E-state index is -0.0600. The Kier molecular flexibility index (Phi) is 3.63. The van der Waals surface area contributed by atoms with Gasteiger partial charge in [0.1, 0.15) is 0 Å². The number of hydrogen-bond acceptors (Lipinski definition) is 3. The van der Waals surface area contributed by atoms with Crippen molar-refractivity contribution >= 4 is 33.2 Å². The molecule has 0 atom stereocenters. The molecule has 2 aromatic rings. The summed E-state index contributed by atoms with van der Waals surface area (Å²) in [6.07, 6.45) is 1.78. The van der Waals surface area contributed by atoms with Gasteiger partial charge in [0, 0.05) is 30.2 Å². The van der Waals surface area contributed by atoms with Gasteiger partial charge in [-0.1, -0.05) is 0 Å². The number of halogens is 1. The van der Waals surface area contributed by atoms with Crippen LogP contribution >= 0.6 is 27.3 Å². The minimum absolute atomic E-state index is 0.0600. The Morgan fingerprint density at radius 1 is 1.65 bits per heavy atom. The van der Waals surface area contributed by atoms with Gasteiger partial charge in [-0.25, -0.2) is 0 Å². The number of amides is 1. The van der Waals surface area contributed by atoms with E-state index in [9.17, 15) is 4.79 Å². The van der Waals surface area contributed by atoms with Crippen LogP contribution in [0.15, 0.2) is 21.4 Å². The van der Waals surface area contributed by atoms with Crippen molar-refractivity contribution < 1.29 is 4.79 Å². The summed E-state index contributed by atoms with van der Waals surface area (Å²) in [7, 11) is 1.89. The first-order valence-electron chi connectivity index (χ1n) is 5.07. The average Bonchev–Trinajstić information content (AvgIpc) is 2.86. The highest BCUT2D eigenvalue weighted by Gasteiger charge is 2.09. The molecule has 2 heterocycles. The lowest BCUT2D eigenvalue weighted by Crippen LogP contribution is -2.22. The predicted octanol–water partition coefficient (Wildman–Crippen LogP) is 2.48. The van der Waals surface area contributed by atoms with Crippen molar-refractivity contribution in [1.82, 2.24) is 15.1 Å². The van der Waals surface area contributed by atoms with Gasteiger partial charge < -0.3 is 5.32 Å². The molecule has 0 aliphatic heterocycles. The van der Waals surface area contributed by atoms with Crippen LogP contribution in [0.5, 0.6) is 0 Å². The van der Waals surface area contributed by atoms with Crippen molar-refractivity contribution in [3.63, 3.8) is 0 Å². The lowest BCUT2D eigenvalue weighted by molar-refractivity contribution is 0.0951. The number of hydrogen-bond donors (Lipinski definition) is 1. The third-order valence-electron chi connectivity index (χ3n) is 2.61. The molecule has 17 heavy (non-hydrogen) atoms. The first kappa shape index (κ1) is 12.3. The highest BCUT2D eigenvalue weighted by atomic mass is 79.9. The van der Waals surface area contributed by atoms with Crippen LogP contribution in [-0.2, 0) is 13.6 Å². The number of nitrogens with one attached hydrogen (secondary N) is 1. The third-order valence-corrected chi connectivity index (χ3v) is 4.11. The molecule has 0 bridgehead atoms. The highest BCUT2D eigenvalue weighted by molar-refractivity contribution is 9.11. The Morgan fingerprint density at radius 3 is 2.94 bits per heavy atom. The van der Waals surface area contributed by atoms with Gasteiger partial charge in [-0.3, -0.25) is 9.48 Å². The second-order valence-electron chi connectivity index (χ2n) is 3.70. The summed E-state index contributed by atoms with van der Waals surface area (Å²) >= 11 is 4.84. The fraction of sp³-hybridized carbons (Fsp3) is 0.273. The van der Waals surface area contributed by atoms with Crippen LogP contribution in [-0.4, -0.2) is 15.7 Å². The minimum Gasteiger partial charge on any atom is -0.348 e. The van der Waals surface area contributed by atoms with E-state index >= 15 is 0 Å². The normalized spacial score (nSPS) is 10.5. The summed E-state index contributed by atoms with van der Waals surface area (Å²) in [5, 5.41) is 8.84. The Labute approximate surface area is 112 Å². The van der Waals surface area contributed by atoms with Gasteiger partial charge in [0.15, 0.2) is 0 Å². The van der Waals surface area contributed by atoms with Crippen LogP contribution in [0.25, 0.3) is 0 Å². The van der Waals surface area contributed by atoms with E-state index in [1.54, 1.807) is 10.9 Å². The molecule has 4 nitrogen and oxygen atoms in total. The molecule has 2 rings (SSSR count). The zero-order valence-electron chi connectivity index (χ0n) is 9.53. The standard InChI is InChI=1S/C11H12BrN3OS/c1-7-9(5-14-15(7)2)4-13-11(16)8-3-10(12)17-6-8/h3,5-6H,4H2,1-2H3,(H,13,16). The monoisotopic (exact) mass is 313 g/mol. The van der Waals surface area contributed by atoms with E-state index in [0.717, 1.165) is 15.0 Å².